The summed E-state index contributed by atoms with van der Waals surface area (Å²) in [6, 6.07) is 4.03. The monoisotopic (exact) mass is 600 g/mol. The predicted molar refractivity (Wildman–Crippen MR) is 115 cm³/mol. The van der Waals surface area contributed by atoms with Crippen molar-refractivity contribution in [2.45, 2.75) is 0 Å². The van der Waals surface area contributed by atoms with Crippen LogP contribution in [-0.4, -0.2) is 13.8 Å². The number of ether oxygens (including phenoxy) is 1. The van der Waals surface area contributed by atoms with E-state index >= 15 is 17.6 Å². The first-order valence-corrected chi connectivity index (χ1v) is 10.7. The highest BCUT2D eigenvalue weighted by atomic mass is 19.2. The standard InChI is InChI=1S/C25H7BF14O/c1-41-7-4-2-3-6(5-7)8-12(27)14(29)9(15(30)13(8)28)26(10-16(31)20(35)24(39)21(36)17(10)32)11-18(33)22(37)25(40)23(38)19(11)34/h2-5H,1H3. The Morgan fingerprint density at radius 1 is 0.439 bits per heavy atom. The van der Waals surface area contributed by atoms with Crippen LogP contribution < -0.4 is 21.1 Å². The van der Waals surface area contributed by atoms with Gasteiger partial charge in [0.15, 0.2) is 81.4 Å². The second-order valence-electron chi connectivity index (χ2n) is 8.18. The average Bonchev–Trinajstić information content (AvgIpc) is 2.96. The summed E-state index contributed by atoms with van der Waals surface area (Å²) >= 11 is 0. The zero-order valence-electron chi connectivity index (χ0n) is 19.6. The van der Waals surface area contributed by atoms with Crippen molar-refractivity contribution in [2.75, 3.05) is 7.11 Å². The Morgan fingerprint density at radius 3 is 1.10 bits per heavy atom. The molecule has 0 fully saturated rings. The van der Waals surface area contributed by atoms with Gasteiger partial charge in [-0.1, -0.05) is 12.1 Å². The van der Waals surface area contributed by atoms with Gasteiger partial charge in [-0.15, -0.1) is 0 Å². The maximum absolute atomic E-state index is 15.5. The lowest BCUT2D eigenvalue weighted by Crippen LogP contribution is -2.60. The molecule has 0 aliphatic carbocycles. The highest BCUT2D eigenvalue weighted by Gasteiger charge is 2.45. The molecule has 41 heavy (non-hydrogen) atoms. The third kappa shape index (κ3) is 4.45. The van der Waals surface area contributed by atoms with Gasteiger partial charge in [0.25, 0.3) is 6.71 Å². The van der Waals surface area contributed by atoms with E-state index in [1.807, 2.05) is 0 Å². The number of benzene rings is 4. The van der Waals surface area contributed by atoms with Crippen LogP contribution in [0.2, 0.25) is 0 Å². The molecular weight excluding hydrogens is 593 g/mol. The molecule has 0 saturated heterocycles. The molecule has 0 radical (unpaired) electrons. The van der Waals surface area contributed by atoms with E-state index < -0.39 is 116 Å². The van der Waals surface area contributed by atoms with E-state index in [9.17, 15) is 43.9 Å². The van der Waals surface area contributed by atoms with Crippen LogP contribution in [0.25, 0.3) is 11.1 Å². The predicted octanol–water partition coefficient (Wildman–Crippen LogP) is 5.83. The molecule has 4 rings (SSSR count). The Morgan fingerprint density at radius 2 is 0.756 bits per heavy atom. The van der Waals surface area contributed by atoms with Crippen molar-refractivity contribution in [1.82, 2.24) is 0 Å². The fourth-order valence-corrected chi connectivity index (χ4v) is 4.12. The summed E-state index contributed by atoms with van der Waals surface area (Å²) < 4.78 is 209. The van der Waals surface area contributed by atoms with Gasteiger partial charge in [0.1, 0.15) is 5.75 Å². The summed E-state index contributed by atoms with van der Waals surface area (Å²) in [5, 5.41) is 0. The summed E-state index contributed by atoms with van der Waals surface area (Å²) in [5.74, 6) is -40.1. The maximum atomic E-state index is 15.5. The second-order valence-corrected chi connectivity index (χ2v) is 8.18. The molecule has 0 aromatic heterocycles. The molecule has 4 aromatic rings. The van der Waals surface area contributed by atoms with Crippen LogP contribution in [-0.2, 0) is 0 Å². The van der Waals surface area contributed by atoms with Gasteiger partial charge in [-0.2, -0.15) is 0 Å². The molecule has 0 aliphatic heterocycles. The lowest BCUT2D eigenvalue weighted by molar-refractivity contribution is 0.382. The van der Waals surface area contributed by atoms with Crippen LogP contribution in [0.1, 0.15) is 0 Å². The number of rotatable bonds is 5. The number of methoxy groups -OCH3 is 1. The zero-order chi connectivity index (χ0) is 30.7. The highest BCUT2D eigenvalue weighted by molar-refractivity contribution is 6.95. The van der Waals surface area contributed by atoms with Gasteiger partial charge in [0.2, 0.25) is 0 Å². The van der Waals surface area contributed by atoms with E-state index in [4.69, 9.17) is 4.74 Å². The number of hydrogen-bond acceptors (Lipinski definition) is 1. The smallest absolute Gasteiger partial charge is 0.265 e. The molecule has 214 valence electrons. The minimum atomic E-state index is -3.87. The van der Waals surface area contributed by atoms with Crippen LogP contribution in [0.5, 0.6) is 5.75 Å². The molecule has 0 aliphatic rings. The summed E-state index contributed by atoms with van der Waals surface area (Å²) in [5.41, 5.74) is -9.85. The summed E-state index contributed by atoms with van der Waals surface area (Å²) in [4.78, 5) is 0. The van der Waals surface area contributed by atoms with Crippen molar-refractivity contribution >= 4 is 23.1 Å². The fourth-order valence-electron chi connectivity index (χ4n) is 4.12. The summed E-state index contributed by atoms with van der Waals surface area (Å²) in [6.45, 7) is -3.87. The Balaban J connectivity index is 2.23. The molecule has 0 unspecified atom stereocenters. The molecule has 0 bridgehead atoms. The van der Waals surface area contributed by atoms with E-state index in [0.717, 1.165) is 25.3 Å². The van der Waals surface area contributed by atoms with Gasteiger partial charge in [-0.05, 0) is 17.7 Å². The van der Waals surface area contributed by atoms with Gasteiger partial charge in [-0.25, -0.2) is 61.5 Å². The van der Waals surface area contributed by atoms with Gasteiger partial charge >= 0.3 is 0 Å². The van der Waals surface area contributed by atoms with Crippen LogP contribution in [0, 0.1) is 81.4 Å². The largest absolute Gasteiger partial charge is 0.497 e. The number of halogens is 14. The van der Waals surface area contributed by atoms with Crippen molar-refractivity contribution in [3.63, 3.8) is 0 Å². The second kappa shape index (κ2) is 10.6. The summed E-state index contributed by atoms with van der Waals surface area (Å²) in [6.07, 6.45) is 0. The maximum Gasteiger partial charge on any atom is 0.265 e. The van der Waals surface area contributed by atoms with Crippen LogP contribution in [0.4, 0.5) is 61.5 Å². The Labute approximate surface area is 219 Å². The van der Waals surface area contributed by atoms with Gasteiger partial charge < -0.3 is 4.74 Å². The highest BCUT2D eigenvalue weighted by Crippen LogP contribution is 2.32. The molecule has 0 atom stereocenters. The molecule has 0 N–H and O–H groups in total. The topological polar surface area (TPSA) is 9.23 Å². The first-order chi connectivity index (χ1) is 19.2. The normalized spacial score (nSPS) is 11.3. The summed E-state index contributed by atoms with van der Waals surface area (Å²) in [7, 11) is 1.09. The quantitative estimate of drug-likeness (QED) is 0.121. The van der Waals surface area contributed by atoms with Crippen LogP contribution >= 0.6 is 0 Å². The Hall–Kier alpha value is -4.24. The third-order valence-electron chi connectivity index (χ3n) is 6.01. The molecule has 4 aromatic carbocycles. The van der Waals surface area contributed by atoms with Crippen molar-refractivity contribution < 1.29 is 66.2 Å². The third-order valence-corrected chi connectivity index (χ3v) is 6.01. The van der Waals surface area contributed by atoms with E-state index in [2.05, 4.69) is 0 Å². The Bertz CT molecular complexity index is 1580. The van der Waals surface area contributed by atoms with Crippen LogP contribution in [0.15, 0.2) is 24.3 Å². The molecule has 0 spiro atoms. The average molecular weight is 600 g/mol. The first kappa shape index (κ1) is 29.7. The lowest BCUT2D eigenvalue weighted by atomic mass is 9.35. The van der Waals surface area contributed by atoms with Crippen molar-refractivity contribution in [3.8, 4) is 16.9 Å². The lowest BCUT2D eigenvalue weighted by Gasteiger charge is -2.22. The van der Waals surface area contributed by atoms with Gasteiger partial charge in [0, 0.05) is 16.4 Å². The molecular formula is C25H7BF14O. The van der Waals surface area contributed by atoms with E-state index in [1.54, 1.807) is 0 Å². The molecule has 0 amide bonds. The minimum Gasteiger partial charge on any atom is -0.497 e. The SMILES string of the molecule is COc1cccc(-c2c(F)c(F)c(B(c3c(F)c(F)c(F)c(F)c3F)c3c(F)c(F)c(F)c(F)c3F)c(F)c2F)c1. The van der Waals surface area contributed by atoms with E-state index in [-0.39, 0.29) is 5.75 Å². The van der Waals surface area contributed by atoms with E-state index in [1.165, 1.54) is 6.07 Å². The minimum absolute atomic E-state index is 0.119. The van der Waals surface area contributed by atoms with Gasteiger partial charge in [-0.3, -0.25) is 0 Å². The van der Waals surface area contributed by atoms with Gasteiger partial charge in [0.05, 0.1) is 12.7 Å². The van der Waals surface area contributed by atoms with Crippen molar-refractivity contribution in [3.05, 3.63) is 106 Å². The van der Waals surface area contributed by atoms with Crippen molar-refractivity contribution in [1.29, 1.82) is 0 Å². The molecule has 0 saturated carbocycles. The molecule has 0 heterocycles. The first-order valence-electron chi connectivity index (χ1n) is 10.7. The van der Waals surface area contributed by atoms with E-state index in [0.29, 0.717) is 0 Å². The van der Waals surface area contributed by atoms with Crippen LogP contribution in [0.3, 0.4) is 0 Å². The molecule has 1 nitrogen and oxygen atoms in total. The number of hydrogen-bond donors (Lipinski definition) is 0. The molecule has 16 heteroatoms. The zero-order valence-corrected chi connectivity index (χ0v) is 19.6. The Kier molecular flexibility index (Phi) is 7.71. The fraction of sp³-hybridized carbons (Fsp3) is 0.0400. The van der Waals surface area contributed by atoms with Crippen molar-refractivity contribution in [2.24, 2.45) is 0 Å².